The molecule has 0 amide bonds. The smallest absolute Gasteiger partial charge is 0.152 e. The lowest BCUT2D eigenvalue weighted by atomic mass is 10.0. The summed E-state index contributed by atoms with van der Waals surface area (Å²) >= 11 is 0. The minimum atomic E-state index is -2.92. The highest BCUT2D eigenvalue weighted by atomic mass is 32.2. The number of rotatable bonds is 8. The van der Waals surface area contributed by atoms with E-state index in [1.165, 1.54) is 0 Å². The van der Waals surface area contributed by atoms with Crippen LogP contribution in [0.25, 0.3) is 0 Å². The molecule has 0 radical (unpaired) electrons. The molecule has 0 aliphatic carbocycles. The maximum atomic E-state index is 11.9. The molecule has 0 aliphatic rings. The summed E-state index contributed by atoms with van der Waals surface area (Å²) < 4.78 is 23.9. The summed E-state index contributed by atoms with van der Waals surface area (Å²) in [5.74, 6) is 1.25. The maximum Gasteiger partial charge on any atom is 0.152 e. The summed E-state index contributed by atoms with van der Waals surface area (Å²) in [5.41, 5.74) is 0. The van der Waals surface area contributed by atoms with E-state index in [0.717, 1.165) is 12.8 Å². The molecule has 0 heterocycles. The van der Waals surface area contributed by atoms with Crippen molar-refractivity contribution in [2.45, 2.75) is 46.6 Å². The van der Waals surface area contributed by atoms with Gasteiger partial charge in [0.25, 0.3) is 0 Å². The molecule has 0 spiro atoms. The first-order chi connectivity index (χ1) is 7.36. The van der Waals surface area contributed by atoms with Gasteiger partial charge in [0, 0.05) is 6.04 Å². The summed E-state index contributed by atoms with van der Waals surface area (Å²) in [4.78, 5) is 0. The van der Waals surface area contributed by atoms with Crippen molar-refractivity contribution in [3.63, 3.8) is 0 Å². The average Bonchev–Trinajstić information content (AvgIpc) is 2.24. The number of hydrogen-bond acceptors (Lipinski definition) is 3. The highest BCUT2D eigenvalue weighted by molar-refractivity contribution is 7.91. The quantitative estimate of drug-likeness (QED) is 0.716. The molecule has 3 unspecified atom stereocenters. The SMILES string of the molecule is CCC(C)CS(=O)(=O)CC(NC)C(C)CC. The summed E-state index contributed by atoms with van der Waals surface area (Å²) in [6, 6.07) is 0.0825. The molecule has 0 bridgehead atoms. The molecule has 0 aliphatic heterocycles. The second-order valence-electron chi connectivity index (χ2n) is 4.87. The number of sulfone groups is 1. The van der Waals surface area contributed by atoms with Gasteiger partial charge in [0.1, 0.15) is 0 Å². The van der Waals surface area contributed by atoms with Gasteiger partial charge < -0.3 is 5.32 Å². The van der Waals surface area contributed by atoms with E-state index >= 15 is 0 Å². The van der Waals surface area contributed by atoms with E-state index in [1.807, 2.05) is 20.9 Å². The number of nitrogens with one attached hydrogen (secondary N) is 1. The lowest BCUT2D eigenvalue weighted by Crippen LogP contribution is -2.39. The standard InChI is InChI=1S/C12H27NO2S/c1-6-10(3)8-16(14,15)9-12(13-5)11(4)7-2/h10-13H,6-9H2,1-5H3. The third-order valence-corrected chi connectivity index (χ3v) is 5.31. The van der Waals surface area contributed by atoms with Crippen LogP contribution in [-0.2, 0) is 9.84 Å². The third kappa shape index (κ3) is 5.85. The highest BCUT2D eigenvalue weighted by Gasteiger charge is 2.23. The van der Waals surface area contributed by atoms with Crippen LogP contribution in [0.2, 0.25) is 0 Å². The zero-order valence-electron chi connectivity index (χ0n) is 11.3. The summed E-state index contributed by atoms with van der Waals surface area (Å²) in [6.45, 7) is 8.22. The molecule has 0 rings (SSSR count). The van der Waals surface area contributed by atoms with Crippen molar-refractivity contribution in [3.8, 4) is 0 Å². The van der Waals surface area contributed by atoms with Crippen molar-refractivity contribution in [2.75, 3.05) is 18.6 Å². The van der Waals surface area contributed by atoms with Gasteiger partial charge in [-0.15, -0.1) is 0 Å². The minimum Gasteiger partial charge on any atom is -0.316 e. The molecule has 3 atom stereocenters. The lowest BCUT2D eigenvalue weighted by Gasteiger charge is -2.23. The van der Waals surface area contributed by atoms with Crippen molar-refractivity contribution < 1.29 is 8.42 Å². The van der Waals surface area contributed by atoms with Gasteiger partial charge >= 0.3 is 0 Å². The van der Waals surface area contributed by atoms with Crippen LogP contribution >= 0.6 is 0 Å². The van der Waals surface area contributed by atoms with Crippen LogP contribution in [0.15, 0.2) is 0 Å². The minimum absolute atomic E-state index is 0.0825. The first-order valence-corrected chi connectivity index (χ1v) is 8.06. The molecule has 0 aromatic carbocycles. The lowest BCUT2D eigenvalue weighted by molar-refractivity contribution is 0.413. The van der Waals surface area contributed by atoms with Gasteiger partial charge in [-0.25, -0.2) is 8.42 Å². The third-order valence-electron chi connectivity index (χ3n) is 3.37. The summed E-state index contributed by atoms with van der Waals surface area (Å²) in [7, 11) is -1.08. The summed E-state index contributed by atoms with van der Waals surface area (Å²) in [5, 5.41) is 3.12. The summed E-state index contributed by atoms with van der Waals surface area (Å²) in [6.07, 6.45) is 1.93. The Morgan fingerprint density at radius 1 is 1.06 bits per heavy atom. The van der Waals surface area contributed by atoms with Crippen LogP contribution in [0.4, 0.5) is 0 Å². The highest BCUT2D eigenvalue weighted by Crippen LogP contribution is 2.13. The van der Waals surface area contributed by atoms with Crippen molar-refractivity contribution >= 4 is 9.84 Å². The van der Waals surface area contributed by atoms with Gasteiger partial charge in [0.2, 0.25) is 0 Å². The molecule has 4 heteroatoms. The Balaban J connectivity index is 4.43. The second-order valence-corrected chi connectivity index (χ2v) is 7.02. The van der Waals surface area contributed by atoms with Crippen molar-refractivity contribution in [1.29, 1.82) is 0 Å². The van der Waals surface area contributed by atoms with E-state index in [1.54, 1.807) is 0 Å². The van der Waals surface area contributed by atoms with Crippen molar-refractivity contribution in [2.24, 2.45) is 11.8 Å². The largest absolute Gasteiger partial charge is 0.316 e. The fourth-order valence-corrected chi connectivity index (χ4v) is 3.99. The Kier molecular flexibility index (Phi) is 7.24. The molecule has 0 saturated carbocycles. The normalized spacial score (nSPS) is 18.1. The molecule has 3 nitrogen and oxygen atoms in total. The molecule has 0 saturated heterocycles. The monoisotopic (exact) mass is 249 g/mol. The topological polar surface area (TPSA) is 46.2 Å². The van der Waals surface area contributed by atoms with E-state index in [0.29, 0.717) is 11.7 Å². The predicted octanol–water partition coefficient (Wildman–Crippen LogP) is 2.08. The Morgan fingerprint density at radius 3 is 2.00 bits per heavy atom. The fourth-order valence-electron chi connectivity index (χ4n) is 1.71. The molecule has 16 heavy (non-hydrogen) atoms. The first kappa shape index (κ1) is 15.9. The predicted molar refractivity (Wildman–Crippen MR) is 70.4 cm³/mol. The Bertz CT molecular complexity index is 275. The van der Waals surface area contributed by atoms with Crippen LogP contribution in [-0.4, -0.2) is 33.0 Å². The molecule has 98 valence electrons. The Morgan fingerprint density at radius 2 is 1.62 bits per heavy atom. The molecule has 0 aromatic heterocycles. The molecular formula is C12H27NO2S. The Hall–Kier alpha value is -0.0900. The van der Waals surface area contributed by atoms with Gasteiger partial charge in [-0.3, -0.25) is 0 Å². The van der Waals surface area contributed by atoms with Crippen LogP contribution in [0.1, 0.15) is 40.5 Å². The van der Waals surface area contributed by atoms with Gasteiger partial charge in [-0.05, 0) is 18.9 Å². The van der Waals surface area contributed by atoms with Gasteiger partial charge in [-0.2, -0.15) is 0 Å². The van der Waals surface area contributed by atoms with Crippen LogP contribution in [0, 0.1) is 11.8 Å². The van der Waals surface area contributed by atoms with Gasteiger partial charge in [0.15, 0.2) is 9.84 Å². The van der Waals surface area contributed by atoms with E-state index in [4.69, 9.17) is 0 Å². The van der Waals surface area contributed by atoms with E-state index in [-0.39, 0.29) is 17.7 Å². The van der Waals surface area contributed by atoms with Crippen LogP contribution < -0.4 is 5.32 Å². The van der Waals surface area contributed by atoms with Gasteiger partial charge in [-0.1, -0.05) is 40.5 Å². The molecular weight excluding hydrogens is 222 g/mol. The van der Waals surface area contributed by atoms with Crippen LogP contribution in [0.5, 0.6) is 0 Å². The zero-order valence-corrected chi connectivity index (χ0v) is 12.1. The molecule has 0 fully saturated rings. The average molecular weight is 249 g/mol. The molecule has 1 N–H and O–H groups in total. The zero-order chi connectivity index (χ0) is 12.8. The van der Waals surface area contributed by atoms with E-state index < -0.39 is 9.84 Å². The van der Waals surface area contributed by atoms with Crippen molar-refractivity contribution in [3.05, 3.63) is 0 Å². The van der Waals surface area contributed by atoms with Gasteiger partial charge in [0.05, 0.1) is 11.5 Å². The second kappa shape index (κ2) is 7.28. The van der Waals surface area contributed by atoms with Crippen molar-refractivity contribution in [1.82, 2.24) is 5.32 Å². The van der Waals surface area contributed by atoms with E-state index in [9.17, 15) is 8.42 Å². The van der Waals surface area contributed by atoms with Crippen LogP contribution in [0.3, 0.4) is 0 Å². The molecule has 0 aromatic rings. The Labute approximate surface area is 101 Å². The maximum absolute atomic E-state index is 11.9. The first-order valence-electron chi connectivity index (χ1n) is 6.23. The number of hydrogen-bond donors (Lipinski definition) is 1. The fraction of sp³-hybridized carbons (Fsp3) is 1.00. The van der Waals surface area contributed by atoms with E-state index in [2.05, 4.69) is 19.2 Å².